The molecule has 8 aliphatic carbocycles. The van der Waals surface area contributed by atoms with Crippen molar-refractivity contribution in [2.45, 2.75) is 136 Å². The van der Waals surface area contributed by atoms with Gasteiger partial charge in [-0.15, -0.1) is 0 Å². The lowest BCUT2D eigenvalue weighted by molar-refractivity contribution is -0.641. The van der Waals surface area contributed by atoms with Gasteiger partial charge in [-0.2, -0.15) is 70.2 Å². The summed E-state index contributed by atoms with van der Waals surface area (Å²) in [6.45, 7) is -11.6. The van der Waals surface area contributed by atoms with E-state index in [0.717, 1.165) is 0 Å². The third-order valence-electron chi connectivity index (χ3n) is 13.6. The molecule has 8 aliphatic rings. The zero-order valence-corrected chi connectivity index (χ0v) is 32.5. The Hall–Kier alpha value is -2.62. The highest BCUT2D eigenvalue weighted by molar-refractivity contribution is 5.55. The van der Waals surface area contributed by atoms with Crippen LogP contribution in [0.15, 0.2) is 0 Å². The number of halogens is 34. The average molecular weight is 1130 g/mol. The molecule has 71 heavy (non-hydrogen) atoms. The predicted molar refractivity (Wildman–Crippen MR) is 147 cm³/mol. The topological polar surface area (TPSA) is 77.4 Å². The molecule has 0 saturated heterocycles. The van der Waals surface area contributed by atoms with Crippen molar-refractivity contribution in [1.82, 2.24) is 0 Å². The second kappa shape index (κ2) is 13.9. The van der Waals surface area contributed by atoms with Crippen LogP contribution in [0.3, 0.4) is 0 Å². The highest BCUT2D eigenvalue weighted by Gasteiger charge is 3.27. The Labute approximate surface area is 365 Å². The SMILES string of the molecule is OC(COCCCOCC(O)COC(F)(F)C12C(F)(F)C3(F)C(F)(F)C(F)(C(F)(F)C(F)(C3(F)F)C1(F)F)C2(F)F)COC(F)(F)C12C(F)(F)C3(F)C(F)(F)C(F)(C(F)(F)C(F)(C3(F)F)C1(F)F)C2(F)F. The first-order valence-corrected chi connectivity index (χ1v) is 18.2. The third kappa shape index (κ3) is 4.49. The van der Waals surface area contributed by atoms with Gasteiger partial charge in [0, 0.05) is 13.2 Å². The summed E-state index contributed by atoms with van der Waals surface area (Å²) in [6, 6.07) is 0. The molecule has 6 nitrogen and oxygen atoms in total. The second-order valence-electron chi connectivity index (χ2n) is 16.8. The number of rotatable bonds is 16. The first-order chi connectivity index (χ1) is 31.0. The van der Waals surface area contributed by atoms with Crippen LogP contribution in [-0.2, 0) is 18.9 Å². The van der Waals surface area contributed by atoms with Crippen LogP contribution in [0.4, 0.5) is 149 Å². The van der Waals surface area contributed by atoms with Gasteiger partial charge in [0.15, 0.2) is 0 Å². The van der Waals surface area contributed by atoms with Crippen molar-refractivity contribution in [3.63, 3.8) is 0 Å². The minimum atomic E-state index is -8.63. The smallest absolute Gasteiger partial charge is 0.379 e. The second-order valence-corrected chi connectivity index (χ2v) is 16.8. The molecule has 0 aromatic carbocycles. The molecule has 8 saturated carbocycles. The minimum absolute atomic E-state index is 0.909. The molecule has 416 valence electrons. The fraction of sp³-hybridized carbons (Fsp3) is 1.00. The molecule has 0 heterocycles. The van der Waals surface area contributed by atoms with Gasteiger partial charge in [0.05, 0.1) is 26.4 Å². The van der Waals surface area contributed by atoms with Crippen LogP contribution in [0.2, 0.25) is 0 Å². The average Bonchev–Trinajstić information content (AvgIpc) is 3.18. The minimum Gasteiger partial charge on any atom is -0.388 e. The molecule has 40 heteroatoms. The van der Waals surface area contributed by atoms with Crippen molar-refractivity contribution < 1.29 is 178 Å². The van der Waals surface area contributed by atoms with Crippen molar-refractivity contribution in [2.75, 3.05) is 39.6 Å². The number of aliphatic hydroxyl groups is 2. The Morgan fingerprint density at radius 1 is 0.282 bits per heavy atom. The molecule has 0 spiro atoms. The van der Waals surface area contributed by atoms with Crippen LogP contribution in [0.5, 0.6) is 0 Å². The van der Waals surface area contributed by atoms with Crippen molar-refractivity contribution in [1.29, 1.82) is 0 Å². The van der Waals surface area contributed by atoms with Gasteiger partial charge in [-0.1, -0.05) is 0 Å². The number of alkyl halides is 34. The summed E-state index contributed by atoms with van der Waals surface area (Å²) >= 11 is 0. The van der Waals surface area contributed by atoms with Crippen LogP contribution in [-0.4, -0.2) is 179 Å². The van der Waals surface area contributed by atoms with Gasteiger partial charge < -0.3 is 29.2 Å². The molecule has 2 unspecified atom stereocenters. The zero-order chi connectivity index (χ0) is 55.9. The van der Waals surface area contributed by atoms with E-state index in [1.165, 1.54) is 0 Å². The van der Waals surface area contributed by atoms with E-state index in [9.17, 15) is 62.9 Å². The lowest BCUT2D eigenvalue weighted by Gasteiger charge is -2.75. The number of ether oxygens (including phenoxy) is 4. The van der Waals surface area contributed by atoms with E-state index in [2.05, 4.69) is 18.9 Å². The van der Waals surface area contributed by atoms with Gasteiger partial charge in [0.1, 0.15) is 12.2 Å². The van der Waals surface area contributed by atoms with Gasteiger partial charge in [-0.05, 0) is 6.42 Å². The first-order valence-electron chi connectivity index (χ1n) is 18.2. The van der Waals surface area contributed by atoms with E-state index in [1.807, 2.05) is 0 Å². The van der Waals surface area contributed by atoms with E-state index in [4.69, 9.17) is 0 Å². The molecule has 0 aromatic heterocycles. The molecule has 8 bridgehead atoms. The summed E-state index contributed by atoms with van der Waals surface area (Å²) in [4.78, 5) is 0. The lowest BCUT2D eigenvalue weighted by Crippen LogP contribution is -3.09. The Morgan fingerprint density at radius 2 is 0.451 bits per heavy atom. The van der Waals surface area contributed by atoms with Crippen molar-refractivity contribution in [3.05, 3.63) is 0 Å². The summed E-state index contributed by atoms with van der Waals surface area (Å²) in [6.07, 6.45) is -22.9. The van der Waals surface area contributed by atoms with Crippen LogP contribution in [0.1, 0.15) is 6.42 Å². The van der Waals surface area contributed by atoms with E-state index < -0.39 is 186 Å². The standard InChI is InChI=1S/C31H18F34O6/c32-12-18(38,39)10(19(40,41)13(33,24(12,50)51)26(54,55)14(34,20(10,42)43)25(12,52)53)30(62,63)70-6-8(66)4-68-2-1-3-69-5-9(67)7-71-31(64,65)11-21(44,45)15(35)27(56,57)16(36,22(11,46)47)29(60,61)17(37,23(11,48)49)28(15,58)59/h8-9,66-67H,1-7H2. The van der Waals surface area contributed by atoms with E-state index in [1.54, 1.807) is 0 Å². The normalized spacial score (nSPS) is 44.1. The zero-order valence-electron chi connectivity index (χ0n) is 32.5. The molecule has 8 fully saturated rings. The largest absolute Gasteiger partial charge is 0.388 e. The van der Waals surface area contributed by atoms with Gasteiger partial charge in [0.2, 0.25) is 0 Å². The summed E-state index contributed by atoms with van der Waals surface area (Å²) in [5, 5.41) is 19.4. The van der Waals surface area contributed by atoms with E-state index >= 15 is 96.6 Å². The monoisotopic (exact) mass is 1130 g/mol. The van der Waals surface area contributed by atoms with Crippen LogP contribution in [0.25, 0.3) is 0 Å². The molecule has 0 amide bonds. The van der Waals surface area contributed by atoms with Gasteiger partial charge >= 0.3 is 117 Å². The van der Waals surface area contributed by atoms with Gasteiger partial charge in [0.25, 0.3) is 10.8 Å². The molecular weight excluding hydrogens is 1110 g/mol. The molecular formula is C31H18F34O6. The fourth-order valence-electron chi connectivity index (χ4n) is 10.2. The highest BCUT2D eigenvalue weighted by atomic mass is 19.4. The quantitative estimate of drug-likeness (QED) is 0.119. The van der Waals surface area contributed by atoms with Gasteiger partial charge in [-0.3, -0.25) is 0 Å². The maximum absolute atomic E-state index is 15.2. The van der Waals surface area contributed by atoms with Crippen molar-refractivity contribution in [2.24, 2.45) is 10.8 Å². The Kier molecular flexibility index (Phi) is 11.3. The van der Waals surface area contributed by atoms with E-state index in [-0.39, 0.29) is 0 Å². The third-order valence-corrected chi connectivity index (χ3v) is 13.6. The van der Waals surface area contributed by atoms with Crippen molar-refractivity contribution >= 4 is 0 Å². The number of hydrogen-bond acceptors (Lipinski definition) is 6. The molecule has 0 aromatic rings. The predicted octanol–water partition coefficient (Wildman–Crippen LogP) is 9.28. The summed E-state index contributed by atoms with van der Waals surface area (Å²) in [5.74, 6) is -102. The molecule has 8 rings (SSSR count). The molecule has 0 aliphatic heterocycles. The Balaban J connectivity index is 1.09. The van der Waals surface area contributed by atoms with Crippen LogP contribution >= 0.6 is 0 Å². The molecule has 2 atom stereocenters. The summed E-state index contributed by atoms with van der Waals surface area (Å²) in [5.41, 5.74) is -67.6. The maximum atomic E-state index is 15.2. The van der Waals surface area contributed by atoms with Gasteiger partial charge in [-0.25, -0.2) is 79.0 Å². The van der Waals surface area contributed by atoms with Crippen LogP contribution in [0, 0.1) is 10.8 Å². The summed E-state index contributed by atoms with van der Waals surface area (Å²) < 4.78 is 524. The lowest BCUT2D eigenvalue weighted by atomic mass is 9.36. The number of hydrogen-bond donors (Lipinski definition) is 2. The van der Waals surface area contributed by atoms with Crippen LogP contribution < -0.4 is 0 Å². The maximum Gasteiger partial charge on any atom is 0.379 e. The highest BCUT2D eigenvalue weighted by Crippen LogP contribution is 2.94. The molecule has 0 radical (unpaired) electrons. The van der Waals surface area contributed by atoms with E-state index in [0.29, 0.717) is 0 Å². The Morgan fingerprint density at radius 3 is 0.620 bits per heavy atom. The van der Waals surface area contributed by atoms with Crippen molar-refractivity contribution in [3.8, 4) is 0 Å². The summed E-state index contributed by atoms with van der Waals surface area (Å²) in [7, 11) is 0. The fourth-order valence-corrected chi connectivity index (χ4v) is 10.2. The number of aliphatic hydroxyl groups excluding tert-OH is 2. The Bertz CT molecular complexity index is 1800. The first kappa shape index (κ1) is 57.7. The molecule has 2 N–H and O–H groups in total.